The van der Waals surface area contributed by atoms with Crippen LogP contribution in [0.2, 0.25) is 5.02 Å². The average molecular weight is 264 g/mol. The van der Waals surface area contributed by atoms with Gasteiger partial charge in [-0.05, 0) is 30.2 Å². The van der Waals surface area contributed by atoms with Crippen molar-refractivity contribution in [3.05, 3.63) is 47.5 Å². The highest BCUT2D eigenvalue weighted by Gasteiger charge is 2.03. The Balaban J connectivity index is 2.06. The van der Waals surface area contributed by atoms with E-state index >= 15 is 0 Å². The van der Waals surface area contributed by atoms with Crippen LogP contribution in [0.4, 0.5) is 0 Å². The number of benzene rings is 1. The van der Waals surface area contributed by atoms with Gasteiger partial charge in [0.15, 0.2) is 0 Å². The van der Waals surface area contributed by atoms with Gasteiger partial charge < -0.3 is 9.88 Å². The number of halogens is 1. The number of hydrogen-bond acceptors (Lipinski definition) is 2. The van der Waals surface area contributed by atoms with Crippen molar-refractivity contribution in [2.24, 2.45) is 5.92 Å². The molecule has 1 heterocycles. The van der Waals surface area contributed by atoms with Gasteiger partial charge in [-0.25, -0.2) is 4.98 Å². The van der Waals surface area contributed by atoms with E-state index in [9.17, 15) is 0 Å². The quantitative estimate of drug-likeness (QED) is 0.897. The normalized spacial score (nSPS) is 11.1. The summed E-state index contributed by atoms with van der Waals surface area (Å²) in [6.45, 7) is 6.26. The zero-order valence-corrected chi connectivity index (χ0v) is 11.5. The molecule has 0 radical (unpaired) electrons. The summed E-state index contributed by atoms with van der Waals surface area (Å²) in [5.74, 6) is 0.658. The molecule has 0 atom stereocenters. The van der Waals surface area contributed by atoms with Gasteiger partial charge in [0, 0.05) is 18.9 Å². The molecule has 0 saturated heterocycles. The number of hydrogen-bond donors (Lipinski definition) is 1. The Bertz CT molecular complexity index is 492. The van der Waals surface area contributed by atoms with Gasteiger partial charge in [0.2, 0.25) is 0 Å². The van der Waals surface area contributed by atoms with Gasteiger partial charge in [-0.2, -0.15) is 0 Å². The van der Waals surface area contributed by atoms with Crippen molar-refractivity contribution in [3.8, 4) is 5.69 Å². The highest BCUT2D eigenvalue weighted by Crippen LogP contribution is 2.21. The fourth-order valence-electron chi connectivity index (χ4n) is 1.78. The van der Waals surface area contributed by atoms with Gasteiger partial charge in [0.05, 0.1) is 17.0 Å². The van der Waals surface area contributed by atoms with Crippen LogP contribution in [0, 0.1) is 5.92 Å². The van der Waals surface area contributed by atoms with Crippen LogP contribution in [0.5, 0.6) is 0 Å². The molecule has 0 aliphatic carbocycles. The highest BCUT2D eigenvalue weighted by atomic mass is 35.5. The summed E-state index contributed by atoms with van der Waals surface area (Å²) in [6, 6.07) is 6.12. The van der Waals surface area contributed by atoms with Crippen LogP contribution in [0.25, 0.3) is 5.69 Å². The molecule has 0 spiro atoms. The molecular formula is C14H18ClN3. The van der Waals surface area contributed by atoms with Crippen LogP contribution in [0.1, 0.15) is 19.4 Å². The van der Waals surface area contributed by atoms with Gasteiger partial charge in [-0.3, -0.25) is 0 Å². The number of aromatic nitrogens is 2. The molecule has 1 N–H and O–H groups in total. The molecule has 0 aliphatic heterocycles. The highest BCUT2D eigenvalue weighted by molar-refractivity contribution is 6.32. The number of nitrogens with zero attached hydrogens (tertiary/aromatic N) is 2. The molecule has 1 aromatic carbocycles. The maximum atomic E-state index is 6.29. The lowest BCUT2D eigenvalue weighted by atomic mass is 10.2. The van der Waals surface area contributed by atoms with E-state index in [0.717, 1.165) is 23.8 Å². The Morgan fingerprint density at radius 1 is 1.39 bits per heavy atom. The molecule has 0 aliphatic rings. The van der Waals surface area contributed by atoms with Gasteiger partial charge in [-0.15, -0.1) is 0 Å². The lowest BCUT2D eigenvalue weighted by molar-refractivity contribution is 0.552. The first-order valence-corrected chi connectivity index (χ1v) is 6.52. The molecule has 0 amide bonds. The van der Waals surface area contributed by atoms with E-state index in [0.29, 0.717) is 5.92 Å². The van der Waals surface area contributed by atoms with Crippen LogP contribution >= 0.6 is 11.6 Å². The number of imidazole rings is 1. The smallest absolute Gasteiger partial charge is 0.0992 e. The van der Waals surface area contributed by atoms with Gasteiger partial charge >= 0.3 is 0 Å². The predicted octanol–water partition coefficient (Wildman–Crippen LogP) is 3.27. The molecule has 0 unspecified atom stereocenters. The van der Waals surface area contributed by atoms with Crippen LogP contribution in [-0.2, 0) is 6.54 Å². The first-order chi connectivity index (χ1) is 8.66. The Hall–Kier alpha value is -1.32. The van der Waals surface area contributed by atoms with E-state index in [4.69, 9.17) is 11.6 Å². The van der Waals surface area contributed by atoms with E-state index in [2.05, 4.69) is 30.2 Å². The second kappa shape index (κ2) is 6.03. The zero-order chi connectivity index (χ0) is 13.0. The summed E-state index contributed by atoms with van der Waals surface area (Å²) >= 11 is 6.29. The SMILES string of the molecule is CC(C)CNCc1ccc(-n2ccnc2)c(Cl)c1. The molecule has 2 rings (SSSR count). The molecule has 0 saturated carbocycles. The van der Waals surface area contributed by atoms with Crippen molar-refractivity contribution in [3.63, 3.8) is 0 Å². The standard InChI is InChI=1S/C14H18ClN3/c1-11(2)8-17-9-12-3-4-14(13(15)7-12)18-6-5-16-10-18/h3-7,10-11,17H,8-9H2,1-2H3. The summed E-state index contributed by atoms with van der Waals surface area (Å²) in [4.78, 5) is 4.02. The first kappa shape index (κ1) is 13.1. The van der Waals surface area contributed by atoms with Crippen LogP contribution < -0.4 is 5.32 Å². The topological polar surface area (TPSA) is 29.9 Å². The van der Waals surface area contributed by atoms with Crippen molar-refractivity contribution in [2.75, 3.05) is 6.54 Å². The van der Waals surface area contributed by atoms with Gasteiger partial charge in [-0.1, -0.05) is 31.5 Å². The molecule has 4 heteroatoms. The Morgan fingerprint density at radius 3 is 2.83 bits per heavy atom. The van der Waals surface area contributed by atoms with E-state index in [1.54, 1.807) is 12.5 Å². The minimum atomic E-state index is 0.658. The van der Waals surface area contributed by atoms with E-state index in [-0.39, 0.29) is 0 Å². The summed E-state index contributed by atoms with van der Waals surface area (Å²) in [6.07, 6.45) is 5.38. The maximum Gasteiger partial charge on any atom is 0.0992 e. The molecule has 2 aromatic rings. The molecule has 1 aromatic heterocycles. The lowest BCUT2D eigenvalue weighted by Gasteiger charge is -2.10. The summed E-state index contributed by atoms with van der Waals surface area (Å²) in [5.41, 5.74) is 2.16. The number of nitrogens with one attached hydrogen (secondary N) is 1. The zero-order valence-electron chi connectivity index (χ0n) is 10.7. The number of rotatable bonds is 5. The fourth-order valence-corrected chi connectivity index (χ4v) is 2.08. The minimum absolute atomic E-state index is 0.658. The van der Waals surface area contributed by atoms with Crippen molar-refractivity contribution in [1.82, 2.24) is 14.9 Å². The van der Waals surface area contributed by atoms with Crippen molar-refractivity contribution < 1.29 is 0 Å². The average Bonchev–Trinajstić information content (AvgIpc) is 2.82. The third-order valence-electron chi connectivity index (χ3n) is 2.68. The molecule has 0 fully saturated rings. The van der Waals surface area contributed by atoms with Gasteiger partial charge in [0.25, 0.3) is 0 Å². The summed E-state index contributed by atoms with van der Waals surface area (Å²) < 4.78 is 1.91. The van der Waals surface area contributed by atoms with E-state index < -0.39 is 0 Å². The minimum Gasteiger partial charge on any atom is -0.312 e. The van der Waals surface area contributed by atoms with Crippen molar-refractivity contribution in [2.45, 2.75) is 20.4 Å². The Kier molecular flexibility index (Phi) is 4.39. The molecule has 96 valence electrons. The van der Waals surface area contributed by atoms with Crippen molar-refractivity contribution >= 4 is 11.6 Å². The fraction of sp³-hybridized carbons (Fsp3) is 0.357. The third-order valence-corrected chi connectivity index (χ3v) is 2.98. The van der Waals surface area contributed by atoms with Gasteiger partial charge in [0.1, 0.15) is 0 Å². The Morgan fingerprint density at radius 2 is 2.22 bits per heavy atom. The monoisotopic (exact) mass is 263 g/mol. The molecule has 3 nitrogen and oxygen atoms in total. The largest absolute Gasteiger partial charge is 0.312 e. The third kappa shape index (κ3) is 3.34. The molecule has 18 heavy (non-hydrogen) atoms. The van der Waals surface area contributed by atoms with Crippen LogP contribution in [0.15, 0.2) is 36.9 Å². The summed E-state index contributed by atoms with van der Waals surface area (Å²) in [5, 5.41) is 4.15. The van der Waals surface area contributed by atoms with Crippen LogP contribution in [-0.4, -0.2) is 16.1 Å². The predicted molar refractivity (Wildman–Crippen MR) is 75.1 cm³/mol. The lowest BCUT2D eigenvalue weighted by Crippen LogP contribution is -2.18. The summed E-state index contributed by atoms with van der Waals surface area (Å²) in [7, 11) is 0. The second-order valence-electron chi connectivity index (χ2n) is 4.78. The molecule has 0 bridgehead atoms. The van der Waals surface area contributed by atoms with E-state index in [1.807, 2.05) is 22.9 Å². The first-order valence-electron chi connectivity index (χ1n) is 6.14. The second-order valence-corrected chi connectivity index (χ2v) is 5.19. The Labute approximate surface area is 113 Å². The van der Waals surface area contributed by atoms with Crippen LogP contribution in [0.3, 0.4) is 0 Å². The molecular weight excluding hydrogens is 246 g/mol. The van der Waals surface area contributed by atoms with E-state index in [1.165, 1.54) is 5.56 Å². The maximum absolute atomic E-state index is 6.29. The van der Waals surface area contributed by atoms with Crippen molar-refractivity contribution in [1.29, 1.82) is 0 Å².